The van der Waals surface area contributed by atoms with Crippen molar-refractivity contribution in [1.29, 1.82) is 0 Å². The number of hydrogen-bond donors (Lipinski definition) is 0. The summed E-state index contributed by atoms with van der Waals surface area (Å²) in [5.74, 6) is 0. The number of halogens is 1. The second kappa shape index (κ2) is 6.35. The molecule has 0 aliphatic rings. The zero-order valence-corrected chi connectivity index (χ0v) is 13.4. The third-order valence-electron chi connectivity index (χ3n) is 3.23. The van der Waals surface area contributed by atoms with Gasteiger partial charge in [0.2, 0.25) is 0 Å². The van der Waals surface area contributed by atoms with Gasteiger partial charge in [-0.1, -0.05) is 6.07 Å². The number of carbonyl (C=O) groups excluding carboxylic acids is 1. The fraction of sp³-hybridized carbons (Fsp3) is 0.267. The van der Waals surface area contributed by atoms with Gasteiger partial charge in [0, 0.05) is 34.4 Å². The Balaban J connectivity index is 2.14. The molecule has 0 aliphatic heterocycles. The average Bonchev–Trinajstić information content (AvgIpc) is 2.90. The number of hydrogen-bond acceptors (Lipinski definition) is 3. The summed E-state index contributed by atoms with van der Waals surface area (Å²) in [7, 11) is 2.08. The van der Waals surface area contributed by atoms with E-state index in [1.807, 2.05) is 18.2 Å². The first-order chi connectivity index (χ1) is 9.11. The van der Waals surface area contributed by atoms with Gasteiger partial charge in [0.05, 0.1) is 5.69 Å². The van der Waals surface area contributed by atoms with Crippen LogP contribution in [0.15, 0.2) is 40.2 Å². The smallest absolute Gasteiger partial charge is 0.150 e. The lowest BCUT2D eigenvalue weighted by Crippen LogP contribution is -2.30. The van der Waals surface area contributed by atoms with Gasteiger partial charge in [-0.15, -0.1) is 11.3 Å². The van der Waals surface area contributed by atoms with Gasteiger partial charge in [0.1, 0.15) is 6.29 Å². The number of nitrogens with zero attached hydrogens (tertiary/aromatic N) is 1. The highest BCUT2D eigenvalue weighted by Crippen LogP contribution is 2.28. The van der Waals surface area contributed by atoms with Crippen molar-refractivity contribution in [1.82, 2.24) is 0 Å². The van der Waals surface area contributed by atoms with Gasteiger partial charge in [-0.3, -0.25) is 4.79 Å². The number of anilines is 1. The van der Waals surface area contributed by atoms with Crippen molar-refractivity contribution in [3.8, 4) is 0 Å². The van der Waals surface area contributed by atoms with Crippen LogP contribution in [-0.2, 0) is 6.42 Å². The van der Waals surface area contributed by atoms with Crippen LogP contribution in [0, 0.1) is 0 Å². The molecule has 19 heavy (non-hydrogen) atoms. The van der Waals surface area contributed by atoms with E-state index in [9.17, 15) is 4.79 Å². The van der Waals surface area contributed by atoms with Gasteiger partial charge >= 0.3 is 0 Å². The molecule has 100 valence electrons. The monoisotopic (exact) mass is 337 g/mol. The number of benzene rings is 1. The Labute approximate surface area is 126 Å². The van der Waals surface area contributed by atoms with Gasteiger partial charge in [-0.2, -0.15) is 0 Å². The van der Waals surface area contributed by atoms with Crippen LogP contribution in [0.3, 0.4) is 0 Å². The summed E-state index contributed by atoms with van der Waals surface area (Å²) in [5, 5.41) is 2.11. The predicted octanol–water partition coefficient (Wildman–Crippen LogP) is 4.39. The van der Waals surface area contributed by atoms with Crippen molar-refractivity contribution in [3.63, 3.8) is 0 Å². The van der Waals surface area contributed by atoms with Crippen LogP contribution in [-0.4, -0.2) is 19.4 Å². The topological polar surface area (TPSA) is 20.3 Å². The second-order valence-electron chi connectivity index (χ2n) is 4.57. The number of carbonyl (C=O) groups is 1. The third kappa shape index (κ3) is 3.45. The molecule has 1 heterocycles. The lowest BCUT2D eigenvalue weighted by Gasteiger charge is -2.28. The van der Waals surface area contributed by atoms with Crippen molar-refractivity contribution < 1.29 is 4.79 Å². The van der Waals surface area contributed by atoms with Crippen LogP contribution in [0.25, 0.3) is 0 Å². The zero-order valence-electron chi connectivity index (χ0n) is 11.0. The van der Waals surface area contributed by atoms with E-state index >= 15 is 0 Å². The molecule has 0 saturated carbocycles. The lowest BCUT2D eigenvalue weighted by atomic mass is 10.1. The van der Waals surface area contributed by atoms with E-state index in [1.165, 1.54) is 4.88 Å². The molecule has 2 nitrogen and oxygen atoms in total. The first-order valence-corrected chi connectivity index (χ1v) is 7.79. The maximum absolute atomic E-state index is 10.8. The molecule has 0 fully saturated rings. The largest absolute Gasteiger partial charge is 0.371 e. The summed E-state index contributed by atoms with van der Waals surface area (Å²) in [6, 6.07) is 10.3. The molecule has 0 radical (unpaired) electrons. The van der Waals surface area contributed by atoms with E-state index in [0.29, 0.717) is 11.6 Å². The maximum Gasteiger partial charge on any atom is 0.150 e. The maximum atomic E-state index is 10.8. The quantitative estimate of drug-likeness (QED) is 0.754. The number of rotatable bonds is 5. The fourth-order valence-corrected chi connectivity index (χ4v) is 3.48. The molecule has 4 heteroatoms. The van der Waals surface area contributed by atoms with Crippen molar-refractivity contribution in [2.24, 2.45) is 0 Å². The molecule has 1 unspecified atom stereocenters. The van der Waals surface area contributed by atoms with Crippen molar-refractivity contribution >= 4 is 39.2 Å². The number of aldehydes is 1. The van der Waals surface area contributed by atoms with E-state index in [1.54, 1.807) is 11.3 Å². The van der Waals surface area contributed by atoms with Crippen LogP contribution in [0.2, 0.25) is 0 Å². The second-order valence-corrected chi connectivity index (χ2v) is 6.46. The molecule has 2 aromatic rings. The summed E-state index contributed by atoms with van der Waals surface area (Å²) in [5.41, 5.74) is 1.80. The molecule has 0 saturated heterocycles. The molecule has 0 bridgehead atoms. The SMILES string of the molecule is CC(Cc1cccs1)N(C)c1ccc(C=O)cc1Br. The normalized spacial score (nSPS) is 12.2. The first-order valence-electron chi connectivity index (χ1n) is 6.11. The zero-order chi connectivity index (χ0) is 13.8. The van der Waals surface area contributed by atoms with Gasteiger partial charge in [-0.05, 0) is 52.5 Å². The molecule has 0 spiro atoms. The number of thiophene rings is 1. The predicted molar refractivity (Wildman–Crippen MR) is 85.4 cm³/mol. The number of likely N-dealkylation sites (N-methyl/N-ethyl adjacent to an activating group) is 1. The summed E-state index contributed by atoms with van der Waals surface area (Å²) in [6.07, 6.45) is 1.89. The van der Waals surface area contributed by atoms with E-state index in [0.717, 1.165) is 22.9 Å². The molecule has 1 aromatic heterocycles. The van der Waals surface area contributed by atoms with Crippen molar-refractivity contribution in [2.75, 3.05) is 11.9 Å². The standard InChI is InChI=1S/C15H16BrNOS/c1-11(8-13-4-3-7-19-13)17(2)15-6-5-12(10-18)9-14(15)16/h3-7,9-11H,8H2,1-2H3. The summed E-state index contributed by atoms with van der Waals surface area (Å²) in [6.45, 7) is 2.21. The Bertz CT molecular complexity index is 553. The highest BCUT2D eigenvalue weighted by molar-refractivity contribution is 9.10. The Morgan fingerprint density at radius 2 is 2.21 bits per heavy atom. The van der Waals surface area contributed by atoms with Crippen LogP contribution in [0.5, 0.6) is 0 Å². The lowest BCUT2D eigenvalue weighted by molar-refractivity contribution is 0.112. The molecule has 0 amide bonds. The van der Waals surface area contributed by atoms with Gasteiger partial charge in [-0.25, -0.2) is 0 Å². The van der Waals surface area contributed by atoms with Crippen LogP contribution < -0.4 is 4.90 Å². The molecular formula is C15H16BrNOS. The highest BCUT2D eigenvalue weighted by atomic mass is 79.9. The Hall–Kier alpha value is -1.13. The third-order valence-corrected chi connectivity index (χ3v) is 4.76. The minimum atomic E-state index is 0.400. The molecular weight excluding hydrogens is 322 g/mol. The van der Waals surface area contributed by atoms with Gasteiger partial charge < -0.3 is 4.90 Å². The minimum Gasteiger partial charge on any atom is -0.371 e. The fourth-order valence-electron chi connectivity index (χ4n) is 1.98. The van der Waals surface area contributed by atoms with E-state index in [4.69, 9.17) is 0 Å². The average molecular weight is 338 g/mol. The Morgan fingerprint density at radius 1 is 1.42 bits per heavy atom. The minimum absolute atomic E-state index is 0.400. The van der Waals surface area contributed by atoms with Crippen molar-refractivity contribution in [3.05, 3.63) is 50.6 Å². The summed E-state index contributed by atoms with van der Waals surface area (Å²) >= 11 is 5.33. The van der Waals surface area contributed by atoms with E-state index in [-0.39, 0.29) is 0 Å². The van der Waals surface area contributed by atoms with Gasteiger partial charge in [0.15, 0.2) is 0 Å². The molecule has 0 N–H and O–H groups in total. The van der Waals surface area contributed by atoms with E-state index in [2.05, 4.69) is 52.3 Å². The molecule has 1 aromatic carbocycles. The Morgan fingerprint density at radius 3 is 2.79 bits per heavy atom. The first kappa shape index (κ1) is 14.3. The van der Waals surface area contributed by atoms with Crippen molar-refractivity contribution in [2.45, 2.75) is 19.4 Å². The summed E-state index contributed by atoms with van der Waals surface area (Å²) < 4.78 is 0.956. The van der Waals surface area contributed by atoms with Gasteiger partial charge in [0.25, 0.3) is 0 Å². The van der Waals surface area contributed by atoms with Crippen LogP contribution in [0.1, 0.15) is 22.2 Å². The molecule has 1 atom stereocenters. The van der Waals surface area contributed by atoms with E-state index < -0.39 is 0 Å². The molecule has 2 rings (SSSR count). The van der Waals surface area contributed by atoms with Crippen LogP contribution in [0.4, 0.5) is 5.69 Å². The molecule has 0 aliphatic carbocycles. The Kier molecular flexibility index (Phi) is 4.77. The van der Waals surface area contributed by atoms with Crippen LogP contribution >= 0.6 is 27.3 Å². The highest BCUT2D eigenvalue weighted by Gasteiger charge is 2.14. The summed E-state index contributed by atoms with van der Waals surface area (Å²) in [4.78, 5) is 14.4.